The minimum atomic E-state index is -4.45. The van der Waals surface area contributed by atoms with Gasteiger partial charge in [-0.15, -0.1) is 0 Å². The van der Waals surface area contributed by atoms with E-state index < -0.39 is 11.7 Å². The second kappa shape index (κ2) is 5.63. The number of pyridine rings is 1. The van der Waals surface area contributed by atoms with Crippen LogP contribution in [-0.2, 0) is 6.18 Å². The lowest BCUT2D eigenvalue weighted by atomic mass is 10.1. The molecule has 112 valence electrons. The summed E-state index contributed by atoms with van der Waals surface area (Å²) in [5.74, 6) is 0.452. The van der Waals surface area contributed by atoms with Gasteiger partial charge in [0.2, 0.25) is 5.88 Å². The zero-order valence-corrected chi connectivity index (χ0v) is 11.9. The maximum absolute atomic E-state index is 12.8. The van der Waals surface area contributed by atoms with E-state index in [0.717, 1.165) is 23.3 Å². The minimum Gasteiger partial charge on any atom is -0.439 e. The van der Waals surface area contributed by atoms with Gasteiger partial charge in [0, 0.05) is 13.1 Å². The molecule has 1 heterocycles. The van der Waals surface area contributed by atoms with E-state index in [4.69, 9.17) is 4.74 Å². The molecular formula is C15H15F3N2O. The number of nitrogens with zero attached hydrogens (tertiary/aromatic N) is 1. The standard InChI is InChI=1S/C15H15F3N2O/c1-9-4-5-12(6-10(9)2)21-14-8-11(15(16,17)18)7-13(19-3)20-14/h4-8H,1-3H3,(H,19,20). The van der Waals surface area contributed by atoms with Crippen LogP contribution in [0.2, 0.25) is 0 Å². The first-order chi connectivity index (χ1) is 9.79. The smallest absolute Gasteiger partial charge is 0.416 e. The number of halogens is 3. The normalized spacial score (nSPS) is 11.3. The first-order valence-electron chi connectivity index (χ1n) is 6.32. The van der Waals surface area contributed by atoms with Crippen molar-refractivity contribution in [2.24, 2.45) is 0 Å². The van der Waals surface area contributed by atoms with Crippen LogP contribution in [0.25, 0.3) is 0 Å². The number of nitrogens with one attached hydrogen (secondary N) is 1. The van der Waals surface area contributed by atoms with E-state index in [2.05, 4.69) is 10.3 Å². The van der Waals surface area contributed by atoms with Crippen LogP contribution in [0, 0.1) is 13.8 Å². The molecule has 0 atom stereocenters. The monoisotopic (exact) mass is 296 g/mol. The minimum absolute atomic E-state index is 0.0996. The predicted octanol–water partition coefficient (Wildman–Crippen LogP) is 4.55. The van der Waals surface area contributed by atoms with Crippen molar-refractivity contribution in [3.8, 4) is 11.6 Å². The first-order valence-corrected chi connectivity index (χ1v) is 6.32. The van der Waals surface area contributed by atoms with E-state index in [1.54, 1.807) is 12.1 Å². The molecule has 21 heavy (non-hydrogen) atoms. The van der Waals surface area contributed by atoms with E-state index in [1.165, 1.54) is 7.05 Å². The zero-order chi connectivity index (χ0) is 15.6. The molecule has 1 aromatic carbocycles. The Bertz CT molecular complexity index is 654. The number of rotatable bonds is 3. The Kier molecular flexibility index (Phi) is 4.06. The number of hydrogen-bond donors (Lipinski definition) is 1. The molecule has 0 bridgehead atoms. The third-order valence-corrected chi connectivity index (χ3v) is 3.09. The van der Waals surface area contributed by atoms with Crippen LogP contribution in [0.3, 0.4) is 0 Å². The van der Waals surface area contributed by atoms with E-state index in [0.29, 0.717) is 5.75 Å². The van der Waals surface area contributed by atoms with Gasteiger partial charge in [0.05, 0.1) is 5.56 Å². The van der Waals surface area contributed by atoms with Crippen LogP contribution < -0.4 is 10.1 Å². The number of alkyl halides is 3. The summed E-state index contributed by atoms with van der Waals surface area (Å²) in [6, 6.07) is 7.13. The van der Waals surface area contributed by atoms with E-state index in [9.17, 15) is 13.2 Å². The second-order valence-electron chi connectivity index (χ2n) is 4.68. The Morgan fingerprint density at radius 1 is 1.05 bits per heavy atom. The zero-order valence-electron chi connectivity index (χ0n) is 11.9. The number of hydrogen-bond acceptors (Lipinski definition) is 3. The maximum atomic E-state index is 12.8. The summed E-state index contributed by atoms with van der Waals surface area (Å²) in [6.45, 7) is 3.85. The molecule has 3 nitrogen and oxygen atoms in total. The fourth-order valence-corrected chi connectivity index (χ4v) is 1.75. The lowest BCUT2D eigenvalue weighted by molar-refractivity contribution is -0.137. The summed E-state index contributed by atoms with van der Waals surface area (Å²) in [5.41, 5.74) is 1.27. The van der Waals surface area contributed by atoms with Gasteiger partial charge in [-0.25, -0.2) is 0 Å². The molecule has 2 rings (SSSR count). The molecule has 0 aliphatic carbocycles. The highest BCUT2D eigenvalue weighted by Gasteiger charge is 2.32. The summed E-state index contributed by atoms with van der Waals surface area (Å²) in [7, 11) is 1.50. The molecule has 6 heteroatoms. The Morgan fingerprint density at radius 2 is 1.76 bits per heavy atom. The van der Waals surface area contributed by atoms with Crippen molar-refractivity contribution in [1.82, 2.24) is 4.98 Å². The highest BCUT2D eigenvalue weighted by atomic mass is 19.4. The van der Waals surface area contributed by atoms with Crippen molar-refractivity contribution in [1.29, 1.82) is 0 Å². The van der Waals surface area contributed by atoms with E-state index >= 15 is 0 Å². The fraction of sp³-hybridized carbons (Fsp3) is 0.267. The molecule has 0 saturated carbocycles. The Labute approximate surface area is 120 Å². The van der Waals surface area contributed by atoms with Crippen molar-refractivity contribution < 1.29 is 17.9 Å². The number of aromatic nitrogens is 1. The van der Waals surface area contributed by atoms with Crippen molar-refractivity contribution >= 4 is 5.82 Å². The molecular weight excluding hydrogens is 281 g/mol. The first kappa shape index (κ1) is 15.2. The Hall–Kier alpha value is -2.24. The van der Waals surface area contributed by atoms with Crippen LogP contribution >= 0.6 is 0 Å². The molecule has 0 spiro atoms. The molecule has 2 aromatic rings. The fourth-order valence-electron chi connectivity index (χ4n) is 1.75. The van der Waals surface area contributed by atoms with Crippen molar-refractivity contribution in [3.05, 3.63) is 47.0 Å². The van der Waals surface area contributed by atoms with Crippen LogP contribution in [-0.4, -0.2) is 12.0 Å². The molecule has 0 unspecified atom stereocenters. The SMILES string of the molecule is CNc1cc(C(F)(F)F)cc(Oc2ccc(C)c(C)c2)n1. The van der Waals surface area contributed by atoms with Gasteiger partial charge in [-0.05, 0) is 43.2 Å². The number of ether oxygens (including phenoxy) is 1. The Balaban J connectivity index is 2.36. The third-order valence-electron chi connectivity index (χ3n) is 3.09. The summed E-state index contributed by atoms with van der Waals surface area (Å²) < 4.78 is 43.9. The van der Waals surface area contributed by atoms with Crippen LogP contribution in [0.4, 0.5) is 19.0 Å². The topological polar surface area (TPSA) is 34.1 Å². The maximum Gasteiger partial charge on any atom is 0.416 e. The molecule has 0 fully saturated rings. The van der Waals surface area contributed by atoms with E-state index in [1.807, 2.05) is 19.9 Å². The van der Waals surface area contributed by atoms with Crippen LogP contribution in [0.1, 0.15) is 16.7 Å². The van der Waals surface area contributed by atoms with E-state index in [-0.39, 0.29) is 11.7 Å². The quantitative estimate of drug-likeness (QED) is 0.902. The number of anilines is 1. The number of benzene rings is 1. The lowest BCUT2D eigenvalue weighted by Crippen LogP contribution is -2.07. The molecule has 0 amide bonds. The van der Waals surface area contributed by atoms with Crippen molar-refractivity contribution in [2.45, 2.75) is 20.0 Å². The molecule has 0 aliphatic rings. The second-order valence-corrected chi connectivity index (χ2v) is 4.68. The summed E-state index contributed by atoms with van der Waals surface area (Å²) in [6.07, 6.45) is -4.45. The molecule has 1 aromatic heterocycles. The largest absolute Gasteiger partial charge is 0.439 e. The molecule has 0 radical (unpaired) electrons. The third kappa shape index (κ3) is 3.65. The molecule has 1 N–H and O–H groups in total. The number of aryl methyl sites for hydroxylation is 2. The molecule has 0 aliphatic heterocycles. The predicted molar refractivity (Wildman–Crippen MR) is 74.8 cm³/mol. The summed E-state index contributed by atoms with van der Waals surface area (Å²) in [4.78, 5) is 3.98. The van der Waals surface area contributed by atoms with Crippen LogP contribution in [0.15, 0.2) is 30.3 Å². The van der Waals surface area contributed by atoms with Crippen LogP contribution in [0.5, 0.6) is 11.6 Å². The van der Waals surface area contributed by atoms with Gasteiger partial charge < -0.3 is 10.1 Å². The molecule has 0 saturated heterocycles. The average Bonchev–Trinajstić information content (AvgIpc) is 2.41. The van der Waals surface area contributed by atoms with Gasteiger partial charge in [-0.1, -0.05) is 6.07 Å². The van der Waals surface area contributed by atoms with Gasteiger partial charge in [0.15, 0.2) is 0 Å². The van der Waals surface area contributed by atoms with Gasteiger partial charge in [-0.2, -0.15) is 18.2 Å². The highest BCUT2D eigenvalue weighted by Crippen LogP contribution is 2.33. The van der Waals surface area contributed by atoms with Gasteiger partial charge in [0.25, 0.3) is 0 Å². The average molecular weight is 296 g/mol. The lowest BCUT2D eigenvalue weighted by Gasteiger charge is -2.12. The summed E-state index contributed by atoms with van der Waals surface area (Å²) >= 11 is 0. The Morgan fingerprint density at radius 3 is 2.33 bits per heavy atom. The van der Waals surface area contributed by atoms with Crippen molar-refractivity contribution in [2.75, 3.05) is 12.4 Å². The van der Waals surface area contributed by atoms with Gasteiger partial charge >= 0.3 is 6.18 Å². The summed E-state index contributed by atoms with van der Waals surface area (Å²) in [5, 5.41) is 2.60. The van der Waals surface area contributed by atoms with Gasteiger partial charge in [0.1, 0.15) is 11.6 Å². The van der Waals surface area contributed by atoms with Gasteiger partial charge in [-0.3, -0.25) is 0 Å². The van der Waals surface area contributed by atoms with Crippen molar-refractivity contribution in [3.63, 3.8) is 0 Å². The highest BCUT2D eigenvalue weighted by molar-refractivity contribution is 5.44.